The van der Waals surface area contributed by atoms with E-state index in [1.807, 2.05) is 11.9 Å². The van der Waals surface area contributed by atoms with Gasteiger partial charge in [0.05, 0.1) is 6.61 Å². The third-order valence-corrected chi connectivity index (χ3v) is 3.74. The Bertz CT molecular complexity index is 467. The molecule has 1 N–H and O–H groups in total. The number of hydrogen-bond donors (Lipinski definition) is 1. The highest BCUT2D eigenvalue weighted by atomic mass is 19.1. The van der Waals surface area contributed by atoms with Crippen molar-refractivity contribution >= 4 is 5.91 Å². The average molecular weight is 294 g/mol. The van der Waals surface area contributed by atoms with Crippen LogP contribution in [0.2, 0.25) is 0 Å². The number of ether oxygens (including phenoxy) is 1. The first-order valence-electron chi connectivity index (χ1n) is 7.53. The molecule has 21 heavy (non-hydrogen) atoms. The van der Waals surface area contributed by atoms with Crippen LogP contribution in [0, 0.1) is 5.82 Å². The molecular formula is C16H23FN2O2. The van der Waals surface area contributed by atoms with E-state index in [9.17, 15) is 9.18 Å². The van der Waals surface area contributed by atoms with Crippen LogP contribution in [-0.4, -0.2) is 43.6 Å². The number of likely N-dealkylation sites (tertiary alicyclic amines) is 1. The van der Waals surface area contributed by atoms with Gasteiger partial charge in [-0.25, -0.2) is 4.39 Å². The largest absolute Gasteiger partial charge is 0.493 e. The smallest absolute Gasteiger partial charge is 0.222 e. The van der Waals surface area contributed by atoms with E-state index in [-0.39, 0.29) is 11.7 Å². The zero-order valence-electron chi connectivity index (χ0n) is 12.5. The molecule has 1 atom stereocenters. The Hall–Kier alpha value is -1.62. The zero-order valence-corrected chi connectivity index (χ0v) is 12.5. The van der Waals surface area contributed by atoms with E-state index in [4.69, 9.17) is 4.74 Å². The minimum atomic E-state index is -0.310. The lowest BCUT2D eigenvalue weighted by Gasteiger charge is -2.24. The number of carbonyl (C=O) groups is 1. The predicted octanol–water partition coefficient (Wildman–Crippen LogP) is 2.20. The Morgan fingerprint density at radius 1 is 1.52 bits per heavy atom. The minimum absolute atomic E-state index is 0.190. The highest BCUT2D eigenvalue weighted by Gasteiger charge is 2.27. The maximum atomic E-state index is 13.0. The Kier molecular flexibility index (Phi) is 5.99. The molecule has 0 radical (unpaired) electrons. The van der Waals surface area contributed by atoms with Crippen molar-refractivity contribution in [1.82, 2.24) is 10.2 Å². The highest BCUT2D eigenvalue weighted by molar-refractivity contribution is 5.76. The molecule has 1 aliphatic rings. The molecule has 1 saturated heterocycles. The monoisotopic (exact) mass is 294 g/mol. The van der Waals surface area contributed by atoms with Gasteiger partial charge >= 0.3 is 0 Å². The van der Waals surface area contributed by atoms with E-state index in [0.717, 1.165) is 25.9 Å². The van der Waals surface area contributed by atoms with Gasteiger partial charge in [0.2, 0.25) is 5.91 Å². The second-order valence-electron chi connectivity index (χ2n) is 5.35. The van der Waals surface area contributed by atoms with Crippen molar-refractivity contribution in [3.8, 4) is 5.75 Å². The third kappa shape index (κ3) is 4.70. The van der Waals surface area contributed by atoms with Crippen molar-refractivity contribution in [3.05, 3.63) is 30.1 Å². The van der Waals surface area contributed by atoms with Gasteiger partial charge in [-0.1, -0.05) is 6.07 Å². The van der Waals surface area contributed by atoms with E-state index >= 15 is 0 Å². The second kappa shape index (κ2) is 7.98. The first kappa shape index (κ1) is 15.8. The van der Waals surface area contributed by atoms with Gasteiger partial charge in [-0.3, -0.25) is 4.79 Å². The Morgan fingerprint density at radius 2 is 2.38 bits per heavy atom. The SMILES string of the molecule is CNCC1CCCN1C(=O)CCCOc1cccc(F)c1. The second-order valence-corrected chi connectivity index (χ2v) is 5.35. The topological polar surface area (TPSA) is 41.6 Å². The summed E-state index contributed by atoms with van der Waals surface area (Å²) in [7, 11) is 1.91. The van der Waals surface area contributed by atoms with Crippen LogP contribution in [-0.2, 0) is 4.79 Å². The zero-order chi connectivity index (χ0) is 15.1. The predicted molar refractivity (Wildman–Crippen MR) is 79.8 cm³/mol. The Balaban J connectivity index is 1.69. The molecule has 1 heterocycles. The molecule has 1 aromatic rings. The Labute approximate surface area is 125 Å². The van der Waals surface area contributed by atoms with Gasteiger partial charge in [-0.2, -0.15) is 0 Å². The number of benzene rings is 1. The van der Waals surface area contributed by atoms with Crippen LogP contribution in [0.5, 0.6) is 5.75 Å². The summed E-state index contributed by atoms with van der Waals surface area (Å²) in [4.78, 5) is 14.1. The summed E-state index contributed by atoms with van der Waals surface area (Å²) in [6.07, 6.45) is 3.29. The van der Waals surface area contributed by atoms with Crippen LogP contribution in [0.15, 0.2) is 24.3 Å². The highest BCUT2D eigenvalue weighted by Crippen LogP contribution is 2.18. The molecule has 1 unspecified atom stereocenters. The molecule has 1 aromatic carbocycles. The van der Waals surface area contributed by atoms with Crippen molar-refractivity contribution in [1.29, 1.82) is 0 Å². The number of carbonyl (C=O) groups excluding carboxylic acids is 1. The van der Waals surface area contributed by atoms with Crippen LogP contribution in [0.1, 0.15) is 25.7 Å². The van der Waals surface area contributed by atoms with E-state index in [2.05, 4.69) is 5.32 Å². The van der Waals surface area contributed by atoms with E-state index in [1.54, 1.807) is 12.1 Å². The van der Waals surface area contributed by atoms with Gasteiger partial charge in [-0.05, 0) is 38.4 Å². The average Bonchev–Trinajstić information content (AvgIpc) is 2.92. The number of likely N-dealkylation sites (N-methyl/N-ethyl adjacent to an activating group) is 1. The van der Waals surface area contributed by atoms with E-state index in [0.29, 0.717) is 31.2 Å². The number of nitrogens with one attached hydrogen (secondary N) is 1. The van der Waals surface area contributed by atoms with Crippen molar-refractivity contribution in [2.75, 3.05) is 26.7 Å². The molecule has 0 bridgehead atoms. The maximum Gasteiger partial charge on any atom is 0.222 e. The molecular weight excluding hydrogens is 271 g/mol. The van der Waals surface area contributed by atoms with Crippen molar-refractivity contribution in [3.63, 3.8) is 0 Å². The molecule has 2 rings (SSSR count). The lowest BCUT2D eigenvalue weighted by atomic mass is 10.2. The van der Waals surface area contributed by atoms with Gasteiger partial charge in [0.25, 0.3) is 0 Å². The molecule has 116 valence electrons. The maximum absolute atomic E-state index is 13.0. The van der Waals surface area contributed by atoms with E-state index in [1.165, 1.54) is 12.1 Å². The summed E-state index contributed by atoms with van der Waals surface area (Å²) < 4.78 is 18.4. The molecule has 1 amide bonds. The number of nitrogens with zero attached hydrogens (tertiary/aromatic N) is 1. The summed E-state index contributed by atoms with van der Waals surface area (Å²) in [5.41, 5.74) is 0. The van der Waals surface area contributed by atoms with E-state index < -0.39 is 0 Å². The molecule has 1 aliphatic heterocycles. The fourth-order valence-electron chi connectivity index (χ4n) is 2.73. The first-order valence-corrected chi connectivity index (χ1v) is 7.53. The van der Waals surface area contributed by atoms with Gasteiger partial charge in [0, 0.05) is 31.6 Å². The van der Waals surface area contributed by atoms with Gasteiger partial charge in [0.1, 0.15) is 11.6 Å². The number of hydrogen-bond acceptors (Lipinski definition) is 3. The number of rotatable bonds is 7. The standard InChI is InChI=1S/C16H23FN2O2/c1-18-12-14-6-3-9-19(14)16(20)8-4-10-21-15-7-2-5-13(17)11-15/h2,5,7,11,14,18H,3-4,6,8-10,12H2,1H3. The normalized spacial score (nSPS) is 18.0. The fraction of sp³-hybridized carbons (Fsp3) is 0.562. The Morgan fingerprint density at radius 3 is 3.14 bits per heavy atom. The molecule has 1 fully saturated rings. The van der Waals surface area contributed by atoms with Crippen molar-refractivity contribution < 1.29 is 13.9 Å². The first-order chi connectivity index (χ1) is 10.2. The molecule has 5 heteroatoms. The summed E-state index contributed by atoms with van der Waals surface area (Å²) in [5, 5.41) is 3.13. The summed E-state index contributed by atoms with van der Waals surface area (Å²) in [6.45, 7) is 2.14. The van der Waals surface area contributed by atoms with Crippen LogP contribution in [0.25, 0.3) is 0 Å². The molecule has 4 nitrogen and oxygen atoms in total. The molecule has 0 aliphatic carbocycles. The van der Waals surface area contributed by atoms with Crippen LogP contribution in [0.3, 0.4) is 0 Å². The van der Waals surface area contributed by atoms with Crippen LogP contribution >= 0.6 is 0 Å². The molecule has 0 saturated carbocycles. The lowest BCUT2D eigenvalue weighted by Crippen LogP contribution is -2.40. The van der Waals surface area contributed by atoms with Gasteiger partial charge < -0.3 is 15.0 Å². The lowest BCUT2D eigenvalue weighted by molar-refractivity contribution is -0.132. The number of amides is 1. The van der Waals surface area contributed by atoms with Gasteiger partial charge in [0.15, 0.2) is 0 Å². The summed E-state index contributed by atoms with van der Waals surface area (Å²) in [5.74, 6) is 0.392. The van der Waals surface area contributed by atoms with Gasteiger partial charge in [-0.15, -0.1) is 0 Å². The minimum Gasteiger partial charge on any atom is -0.493 e. The molecule has 0 spiro atoms. The number of halogens is 1. The third-order valence-electron chi connectivity index (χ3n) is 3.74. The fourth-order valence-corrected chi connectivity index (χ4v) is 2.73. The molecule has 0 aromatic heterocycles. The van der Waals surface area contributed by atoms with Crippen molar-refractivity contribution in [2.24, 2.45) is 0 Å². The quantitative estimate of drug-likeness (QED) is 0.784. The van der Waals surface area contributed by atoms with Crippen molar-refractivity contribution in [2.45, 2.75) is 31.7 Å². The summed E-state index contributed by atoms with van der Waals surface area (Å²) in [6, 6.07) is 6.39. The summed E-state index contributed by atoms with van der Waals surface area (Å²) >= 11 is 0. The van der Waals surface area contributed by atoms with Crippen LogP contribution in [0.4, 0.5) is 4.39 Å². The van der Waals surface area contributed by atoms with Crippen LogP contribution < -0.4 is 10.1 Å².